The molecule has 0 amide bonds. The minimum atomic E-state index is 0.284. The fourth-order valence-corrected chi connectivity index (χ4v) is 3.76. The van der Waals surface area contributed by atoms with Crippen LogP contribution in [0.3, 0.4) is 0 Å². The summed E-state index contributed by atoms with van der Waals surface area (Å²) in [5.74, 6) is 1.66. The van der Waals surface area contributed by atoms with Crippen molar-refractivity contribution in [1.82, 2.24) is 4.90 Å². The smallest absolute Gasteiger partial charge is 0.0331 e. The van der Waals surface area contributed by atoms with Crippen LogP contribution in [-0.2, 0) is 0 Å². The number of nitrogens with zero attached hydrogens (tertiary/aromatic N) is 1. The molecule has 2 atom stereocenters. The quantitative estimate of drug-likeness (QED) is 0.772. The van der Waals surface area contributed by atoms with Crippen LogP contribution < -0.4 is 5.73 Å². The van der Waals surface area contributed by atoms with Crippen LogP contribution >= 0.6 is 0 Å². The first-order valence-electron chi connectivity index (χ1n) is 7.53. The molecule has 1 saturated heterocycles. The largest absolute Gasteiger partial charge is 0.329 e. The highest BCUT2D eigenvalue weighted by atomic mass is 15.2. The minimum absolute atomic E-state index is 0.284. The summed E-state index contributed by atoms with van der Waals surface area (Å²) < 4.78 is 0. The molecule has 1 rings (SSSR count). The lowest BCUT2D eigenvalue weighted by Crippen LogP contribution is -2.58. The van der Waals surface area contributed by atoms with Gasteiger partial charge in [-0.25, -0.2) is 0 Å². The second-order valence-electron chi connectivity index (χ2n) is 6.28. The van der Waals surface area contributed by atoms with Crippen molar-refractivity contribution < 1.29 is 0 Å². The second-order valence-corrected chi connectivity index (χ2v) is 6.28. The molecule has 2 N–H and O–H groups in total. The first kappa shape index (κ1) is 15.0. The zero-order valence-corrected chi connectivity index (χ0v) is 12.3. The van der Waals surface area contributed by atoms with E-state index < -0.39 is 0 Å². The SMILES string of the molecule is CCCC(CN)(CCC)N1CC(C)CC(C)C1. The third kappa shape index (κ3) is 3.69. The van der Waals surface area contributed by atoms with Gasteiger partial charge in [0.25, 0.3) is 0 Å². The standard InChI is InChI=1S/C15H32N2/c1-5-7-15(12-16,8-6-2)17-10-13(3)9-14(4)11-17/h13-14H,5-12,16H2,1-4H3. The lowest BCUT2D eigenvalue weighted by Gasteiger charge is -2.49. The Morgan fingerprint density at radius 3 is 1.88 bits per heavy atom. The van der Waals surface area contributed by atoms with E-state index in [1.54, 1.807) is 0 Å². The fourth-order valence-electron chi connectivity index (χ4n) is 3.76. The Morgan fingerprint density at radius 1 is 1.06 bits per heavy atom. The van der Waals surface area contributed by atoms with Crippen molar-refractivity contribution in [2.45, 2.75) is 65.3 Å². The van der Waals surface area contributed by atoms with Crippen molar-refractivity contribution in [3.63, 3.8) is 0 Å². The third-order valence-corrected chi connectivity index (χ3v) is 4.35. The van der Waals surface area contributed by atoms with Gasteiger partial charge in [-0.2, -0.15) is 0 Å². The monoisotopic (exact) mass is 240 g/mol. The molecule has 1 aliphatic rings. The van der Waals surface area contributed by atoms with Crippen LogP contribution in [-0.4, -0.2) is 30.1 Å². The molecule has 1 fully saturated rings. The lowest BCUT2D eigenvalue weighted by atomic mass is 9.81. The summed E-state index contributed by atoms with van der Waals surface area (Å²) in [6.45, 7) is 12.7. The van der Waals surface area contributed by atoms with Gasteiger partial charge in [-0.3, -0.25) is 4.90 Å². The first-order chi connectivity index (χ1) is 8.07. The number of rotatable bonds is 6. The van der Waals surface area contributed by atoms with Crippen LogP contribution in [0, 0.1) is 11.8 Å². The highest BCUT2D eigenvalue weighted by Gasteiger charge is 2.37. The van der Waals surface area contributed by atoms with Gasteiger partial charge in [0, 0.05) is 25.2 Å². The average molecular weight is 240 g/mol. The van der Waals surface area contributed by atoms with E-state index in [1.807, 2.05) is 0 Å². The Labute approximate surface area is 108 Å². The van der Waals surface area contributed by atoms with Crippen LogP contribution in [0.15, 0.2) is 0 Å². The number of piperidine rings is 1. The molecular weight excluding hydrogens is 208 g/mol. The summed E-state index contributed by atoms with van der Waals surface area (Å²) in [7, 11) is 0. The van der Waals surface area contributed by atoms with Crippen molar-refractivity contribution in [2.24, 2.45) is 17.6 Å². The molecule has 2 unspecified atom stereocenters. The normalized spacial score (nSPS) is 27.4. The predicted octanol–water partition coefficient (Wildman–Crippen LogP) is 3.26. The maximum Gasteiger partial charge on any atom is 0.0331 e. The van der Waals surface area contributed by atoms with Crippen molar-refractivity contribution >= 4 is 0 Å². The first-order valence-corrected chi connectivity index (χ1v) is 7.53. The molecule has 1 heterocycles. The lowest BCUT2D eigenvalue weighted by molar-refractivity contribution is 0.0163. The highest BCUT2D eigenvalue weighted by Crippen LogP contribution is 2.32. The molecule has 0 spiro atoms. The predicted molar refractivity (Wildman–Crippen MR) is 76.1 cm³/mol. The van der Waals surface area contributed by atoms with E-state index >= 15 is 0 Å². The van der Waals surface area contributed by atoms with Crippen LogP contribution in [0.4, 0.5) is 0 Å². The van der Waals surface area contributed by atoms with E-state index in [-0.39, 0.29) is 5.54 Å². The Hall–Kier alpha value is -0.0800. The molecule has 0 bridgehead atoms. The fraction of sp³-hybridized carbons (Fsp3) is 1.00. The molecule has 0 aromatic carbocycles. The Balaban J connectivity index is 2.79. The van der Waals surface area contributed by atoms with E-state index in [1.165, 1.54) is 45.2 Å². The van der Waals surface area contributed by atoms with Crippen LogP contribution in [0.25, 0.3) is 0 Å². The molecule has 102 valence electrons. The Morgan fingerprint density at radius 2 is 1.53 bits per heavy atom. The van der Waals surface area contributed by atoms with E-state index in [4.69, 9.17) is 5.73 Å². The molecule has 0 aromatic heterocycles. The molecule has 0 radical (unpaired) electrons. The van der Waals surface area contributed by atoms with Crippen molar-refractivity contribution in [1.29, 1.82) is 0 Å². The maximum atomic E-state index is 6.16. The zero-order valence-electron chi connectivity index (χ0n) is 12.3. The summed E-state index contributed by atoms with van der Waals surface area (Å²) >= 11 is 0. The summed E-state index contributed by atoms with van der Waals surface area (Å²) in [5, 5.41) is 0. The Bertz CT molecular complexity index is 199. The number of nitrogens with two attached hydrogens (primary N) is 1. The molecule has 1 aliphatic heterocycles. The number of likely N-dealkylation sites (tertiary alicyclic amines) is 1. The van der Waals surface area contributed by atoms with Gasteiger partial charge in [-0.15, -0.1) is 0 Å². The second kappa shape index (κ2) is 6.75. The molecule has 0 aliphatic carbocycles. The molecular formula is C15H32N2. The van der Waals surface area contributed by atoms with Gasteiger partial charge in [0.1, 0.15) is 0 Å². The minimum Gasteiger partial charge on any atom is -0.329 e. The highest BCUT2D eigenvalue weighted by molar-refractivity contribution is 4.94. The van der Waals surface area contributed by atoms with Gasteiger partial charge >= 0.3 is 0 Å². The van der Waals surface area contributed by atoms with E-state index in [0.29, 0.717) is 0 Å². The zero-order chi connectivity index (χ0) is 12.9. The maximum absolute atomic E-state index is 6.16. The van der Waals surface area contributed by atoms with E-state index in [2.05, 4.69) is 32.6 Å². The average Bonchev–Trinajstić information content (AvgIpc) is 2.27. The van der Waals surface area contributed by atoms with Gasteiger partial charge in [-0.05, 0) is 31.1 Å². The number of hydrogen-bond donors (Lipinski definition) is 1. The summed E-state index contributed by atoms with van der Waals surface area (Å²) in [6, 6.07) is 0. The van der Waals surface area contributed by atoms with Crippen LogP contribution in [0.5, 0.6) is 0 Å². The molecule has 2 nitrogen and oxygen atoms in total. The third-order valence-electron chi connectivity index (χ3n) is 4.35. The Kier molecular flexibility index (Phi) is 5.94. The molecule has 17 heavy (non-hydrogen) atoms. The summed E-state index contributed by atoms with van der Waals surface area (Å²) in [6.07, 6.45) is 6.40. The van der Waals surface area contributed by atoms with Crippen LogP contribution in [0.1, 0.15) is 59.8 Å². The van der Waals surface area contributed by atoms with Gasteiger partial charge in [0.05, 0.1) is 0 Å². The van der Waals surface area contributed by atoms with E-state index in [9.17, 15) is 0 Å². The van der Waals surface area contributed by atoms with Crippen molar-refractivity contribution in [2.75, 3.05) is 19.6 Å². The van der Waals surface area contributed by atoms with Crippen molar-refractivity contribution in [3.8, 4) is 0 Å². The van der Waals surface area contributed by atoms with Gasteiger partial charge in [-0.1, -0.05) is 40.5 Å². The van der Waals surface area contributed by atoms with Crippen LogP contribution in [0.2, 0.25) is 0 Å². The van der Waals surface area contributed by atoms with E-state index in [0.717, 1.165) is 18.4 Å². The number of hydrogen-bond acceptors (Lipinski definition) is 2. The molecule has 0 aromatic rings. The van der Waals surface area contributed by atoms with Crippen molar-refractivity contribution in [3.05, 3.63) is 0 Å². The van der Waals surface area contributed by atoms with Gasteiger partial charge in [0.2, 0.25) is 0 Å². The molecule has 0 saturated carbocycles. The summed E-state index contributed by atoms with van der Waals surface area (Å²) in [5.41, 5.74) is 6.44. The van der Waals surface area contributed by atoms with Gasteiger partial charge in [0.15, 0.2) is 0 Å². The summed E-state index contributed by atoms with van der Waals surface area (Å²) in [4.78, 5) is 2.72. The molecule has 2 heteroatoms. The van der Waals surface area contributed by atoms with Gasteiger partial charge < -0.3 is 5.73 Å². The topological polar surface area (TPSA) is 29.3 Å².